The Bertz CT molecular complexity index is 331. The van der Waals surface area contributed by atoms with Crippen LogP contribution in [0.25, 0.3) is 0 Å². The maximum atomic E-state index is 10.00. The fourth-order valence-corrected chi connectivity index (χ4v) is 5.18. The molecule has 132 valence electrons. The van der Waals surface area contributed by atoms with Crippen LogP contribution in [0.5, 0.6) is 0 Å². The van der Waals surface area contributed by atoms with E-state index in [2.05, 4.69) is 34.9 Å². The Labute approximate surface area is 144 Å². The van der Waals surface area contributed by atoms with Gasteiger partial charge in [-0.05, 0) is 38.3 Å². The van der Waals surface area contributed by atoms with Crippen LogP contribution in [-0.2, 0) is 4.74 Å². The molecule has 2 aliphatic heterocycles. The molecule has 0 aromatic rings. The molecule has 2 fully saturated rings. The monoisotopic (exact) mass is 350 g/mol. The van der Waals surface area contributed by atoms with Crippen molar-refractivity contribution >= 4 is 23.5 Å². The first kappa shape index (κ1) is 18.9. The van der Waals surface area contributed by atoms with Gasteiger partial charge < -0.3 is 9.84 Å². The van der Waals surface area contributed by atoms with Gasteiger partial charge in [0.25, 0.3) is 0 Å². The molecule has 1 N–H and O–H groups in total. The molecule has 2 aliphatic rings. The van der Waals surface area contributed by atoms with Crippen LogP contribution in [0.4, 0.5) is 0 Å². The van der Waals surface area contributed by atoms with Gasteiger partial charge in [-0.3, -0.25) is 9.80 Å². The molecule has 0 amide bonds. The van der Waals surface area contributed by atoms with Crippen LogP contribution < -0.4 is 0 Å². The zero-order valence-corrected chi connectivity index (χ0v) is 16.1. The lowest BCUT2D eigenvalue weighted by Gasteiger charge is -2.36. The van der Waals surface area contributed by atoms with E-state index < -0.39 is 0 Å². The molecule has 6 heteroatoms. The van der Waals surface area contributed by atoms with Crippen LogP contribution in [-0.4, -0.2) is 89.6 Å². The average Bonchev–Trinajstić information content (AvgIpc) is 2.94. The standard InChI is InChI=1S/C16H34N2O2S2/c1-13(21)15(19)12-17-9-10-20-14(11-17)6-8-18-7-4-5-16(18)22(2)3/h13-16,19,21-22H,4-12H2,1-3H3. The number of hydrogen-bond donors (Lipinski definition) is 3. The van der Waals surface area contributed by atoms with E-state index in [4.69, 9.17) is 4.74 Å². The van der Waals surface area contributed by atoms with Gasteiger partial charge in [-0.25, -0.2) is 10.9 Å². The summed E-state index contributed by atoms with van der Waals surface area (Å²) >= 11 is 4.33. The molecular formula is C16H34N2O2S2. The van der Waals surface area contributed by atoms with Crippen molar-refractivity contribution in [2.45, 2.75) is 49.0 Å². The Kier molecular flexibility index (Phi) is 7.84. The van der Waals surface area contributed by atoms with Gasteiger partial charge in [-0.1, -0.05) is 6.92 Å². The largest absolute Gasteiger partial charge is 0.391 e. The number of β-amino-alcohol motifs (C(OH)–C–C–N with tert-alkyl or cyclic N) is 1. The quantitative estimate of drug-likeness (QED) is 0.607. The summed E-state index contributed by atoms with van der Waals surface area (Å²) in [6, 6.07) is 0. The van der Waals surface area contributed by atoms with E-state index in [1.54, 1.807) is 0 Å². The second-order valence-corrected chi connectivity index (χ2v) is 10.3. The van der Waals surface area contributed by atoms with Crippen LogP contribution in [0.1, 0.15) is 26.2 Å². The third-order valence-corrected chi connectivity index (χ3v) is 7.01. The van der Waals surface area contributed by atoms with E-state index in [1.807, 2.05) is 6.92 Å². The highest BCUT2D eigenvalue weighted by molar-refractivity contribution is 8.16. The van der Waals surface area contributed by atoms with Gasteiger partial charge in [-0.2, -0.15) is 12.6 Å². The highest BCUT2D eigenvalue weighted by Crippen LogP contribution is 2.34. The first-order chi connectivity index (χ1) is 10.5. The van der Waals surface area contributed by atoms with Crippen molar-refractivity contribution in [3.63, 3.8) is 0 Å². The van der Waals surface area contributed by atoms with Crippen molar-refractivity contribution < 1.29 is 9.84 Å². The van der Waals surface area contributed by atoms with E-state index in [1.165, 1.54) is 19.4 Å². The van der Waals surface area contributed by atoms with Gasteiger partial charge in [0.1, 0.15) is 0 Å². The summed E-state index contributed by atoms with van der Waals surface area (Å²) in [5.41, 5.74) is 0. The number of rotatable bonds is 7. The maximum Gasteiger partial charge on any atom is 0.0780 e. The lowest BCUT2D eigenvalue weighted by Crippen LogP contribution is -2.47. The molecule has 2 saturated heterocycles. The first-order valence-corrected chi connectivity index (χ1v) is 11.4. The van der Waals surface area contributed by atoms with Crippen molar-refractivity contribution in [2.24, 2.45) is 0 Å². The zero-order valence-electron chi connectivity index (χ0n) is 14.3. The second kappa shape index (κ2) is 9.14. The molecule has 2 rings (SSSR count). The number of hydrogen-bond acceptors (Lipinski definition) is 5. The molecule has 4 atom stereocenters. The summed E-state index contributed by atoms with van der Waals surface area (Å²) < 4.78 is 5.94. The van der Waals surface area contributed by atoms with Gasteiger partial charge in [0.05, 0.1) is 18.8 Å². The van der Waals surface area contributed by atoms with Crippen LogP contribution in [0.15, 0.2) is 0 Å². The zero-order chi connectivity index (χ0) is 16.1. The summed E-state index contributed by atoms with van der Waals surface area (Å²) in [4.78, 5) is 5.01. The summed E-state index contributed by atoms with van der Waals surface area (Å²) in [7, 11) is 0.135. The van der Waals surface area contributed by atoms with Crippen LogP contribution in [0.3, 0.4) is 0 Å². The van der Waals surface area contributed by atoms with Gasteiger partial charge in [-0.15, -0.1) is 0 Å². The third kappa shape index (κ3) is 5.56. The summed E-state index contributed by atoms with van der Waals surface area (Å²) in [5.74, 6) is 0. The van der Waals surface area contributed by atoms with E-state index in [0.29, 0.717) is 12.6 Å². The Morgan fingerprint density at radius 2 is 2.14 bits per heavy atom. The number of thiol groups is 2. The molecule has 22 heavy (non-hydrogen) atoms. The third-order valence-electron chi connectivity index (χ3n) is 4.89. The molecule has 0 aromatic carbocycles. The van der Waals surface area contributed by atoms with Crippen molar-refractivity contribution in [3.8, 4) is 0 Å². The summed E-state index contributed by atoms with van der Waals surface area (Å²) in [6.07, 6.45) is 8.61. The van der Waals surface area contributed by atoms with Crippen molar-refractivity contribution in [2.75, 3.05) is 51.8 Å². The highest BCUT2D eigenvalue weighted by atomic mass is 32.2. The SMILES string of the molecule is CC(S)C(O)CN1CCOC(CCN2CCCC2[SH](C)C)C1. The summed E-state index contributed by atoms with van der Waals surface area (Å²) in [6.45, 7) is 7.75. The minimum absolute atomic E-state index is 0.0278. The Balaban J connectivity index is 1.73. The molecule has 4 unspecified atom stereocenters. The lowest BCUT2D eigenvalue weighted by atomic mass is 10.1. The van der Waals surface area contributed by atoms with E-state index in [9.17, 15) is 5.11 Å². The molecule has 0 saturated carbocycles. The number of aliphatic hydroxyl groups is 1. The summed E-state index contributed by atoms with van der Waals surface area (Å²) in [5, 5.41) is 10.8. The van der Waals surface area contributed by atoms with E-state index in [0.717, 1.165) is 38.0 Å². The molecule has 0 spiro atoms. The second-order valence-electron chi connectivity index (χ2n) is 6.97. The number of aliphatic hydroxyl groups excluding tert-OH is 1. The maximum absolute atomic E-state index is 10.00. The minimum Gasteiger partial charge on any atom is -0.391 e. The number of likely N-dealkylation sites (tertiary alicyclic amines) is 1. The van der Waals surface area contributed by atoms with Crippen LogP contribution in [0.2, 0.25) is 0 Å². The number of morpholine rings is 1. The smallest absolute Gasteiger partial charge is 0.0780 e. The van der Waals surface area contributed by atoms with Gasteiger partial charge in [0.15, 0.2) is 0 Å². The number of ether oxygens (including phenoxy) is 1. The molecular weight excluding hydrogens is 316 g/mol. The fraction of sp³-hybridized carbons (Fsp3) is 1.00. The normalized spacial score (nSPS) is 31.2. The predicted molar refractivity (Wildman–Crippen MR) is 101 cm³/mol. The minimum atomic E-state index is -0.353. The topological polar surface area (TPSA) is 35.9 Å². The number of nitrogens with zero attached hydrogens (tertiary/aromatic N) is 2. The first-order valence-electron chi connectivity index (χ1n) is 8.58. The van der Waals surface area contributed by atoms with E-state index in [-0.39, 0.29) is 22.2 Å². The molecule has 0 aliphatic carbocycles. The van der Waals surface area contributed by atoms with Crippen LogP contribution >= 0.6 is 23.5 Å². The molecule has 4 nitrogen and oxygen atoms in total. The van der Waals surface area contributed by atoms with Crippen LogP contribution in [0, 0.1) is 0 Å². The molecule has 2 heterocycles. The fourth-order valence-electron chi connectivity index (χ4n) is 3.50. The van der Waals surface area contributed by atoms with Gasteiger partial charge in [0.2, 0.25) is 0 Å². The van der Waals surface area contributed by atoms with Crippen molar-refractivity contribution in [1.29, 1.82) is 0 Å². The van der Waals surface area contributed by atoms with Gasteiger partial charge in [0, 0.05) is 36.8 Å². The Morgan fingerprint density at radius 3 is 2.82 bits per heavy atom. The Morgan fingerprint density at radius 1 is 1.36 bits per heavy atom. The predicted octanol–water partition coefficient (Wildman–Crippen LogP) is 1.44. The van der Waals surface area contributed by atoms with Crippen molar-refractivity contribution in [3.05, 3.63) is 0 Å². The lowest BCUT2D eigenvalue weighted by molar-refractivity contribution is -0.0459. The molecule has 0 aromatic heterocycles. The van der Waals surface area contributed by atoms with Crippen molar-refractivity contribution in [1.82, 2.24) is 9.80 Å². The average molecular weight is 351 g/mol. The Hall–Kier alpha value is 0.540. The highest BCUT2D eigenvalue weighted by Gasteiger charge is 2.28. The molecule has 0 bridgehead atoms. The molecule has 0 radical (unpaired) electrons. The van der Waals surface area contributed by atoms with E-state index >= 15 is 0 Å². The van der Waals surface area contributed by atoms with Gasteiger partial charge >= 0.3 is 0 Å².